The molecule has 0 saturated heterocycles. The lowest BCUT2D eigenvalue weighted by Crippen LogP contribution is -2.06. The summed E-state index contributed by atoms with van der Waals surface area (Å²) in [6, 6.07) is 20.2. The molecule has 5 rings (SSSR count). The normalized spacial score (nSPS) is 11.0. The number of anilines is 1. The SMILES string of the molecule is c1cncc(-c2cc(NCCc3c[nH]c4ccccc34)nc(-c3ccco3)c2)c1. The van der Waals surface area contributed by atoms with Gasteiger partial charge >= 0.3 is 0 Å². The van der Waals surface area contributed by atoms with Crippen LogP contribution in [0.25, 0.3) is 33.5 Å². The van der Waals surface area contributed by atoms with Crippen molar-refractivity contribution in [3.05, 3.63) is 91.1 Å². The fourth-order valence-corrected chi connectivity index (χ4v) is 3.54. The van der Waals surface area contributed by atoms with Gasteiger partial charge in [-0.15, -0.1) is 0 Å². The first kappa shape index (κ1) is 17.3. The van der Waals surface area contributed by atoms with Crippen molar-refractivity contribution in [2.45, 2.75) is 6.42 Å². The maximum absolute atomic E-state index is 5.57. The highest BCUT2D eigenvalue weighted by molar-refractivity contribution is 5.83. The fraction of sp³-hybridized carbons (Fsp3) is 0.0833. The van der Waals surface area contributed by atoms with Gasteiger partial charge in [0.2, 0.25) is 0 Å². The minimum absolute atomic E-state index is 0.746. The minimum atomic E-state index is 0.746. The molecule has 2 N–H and O–H groups in total. The number of furan rings is 1. The molecule has 142 valence electrons. The third-order valence-corrected chi connectivity index (χ3v) is 4.97. The summed E-state index contributed by atoms with van der Waals surface area (Å²) in [5, 5.41) is 4.74. The monoisotopic (exact) mass is 380 g/mol. The van der Waals surface area contributed by atoms with E-state index in [1.807, 2.05) is 42.6 Å². The number of para-hydroxylation sites is 1. The molecule has 4 aromatic heterocycles. The van der Waals surface area contributed by atoms with E-state index in [0.29, 0.717) is 0 Å². The molecule has 0 aliphatic rings. The first-order valence-corrected chi connectivity index (χ1v) is 9.62. The predicted octanol–water partition coefficient (Wildman–Crippen LogP) is 5.54. The first-order chi connectivity index (χ1) is 14.4. The van der Waals surface area contributed by atoms with E-state index in [4.69, 9.17) is 9.40 Å². The molecule has 0 aliphatic carbocycles. The maximum atomic E-state index is 5.57. The summed E-state index contributed by atoms with van der Waals surface area (Å²) in [6.07, 6.45) is 8.28. The minimum Gasteiger partial charge on any atom is -0.463 e. The molecule has 0 bridgehead atoms. The number of hydrogen-bond acceptors (Lipinski definition) is 4. The van der Waals surface area contributed by atoms with Gasteiger partial charge in [0.25, 0.3) is 0 Å². The molecule has 0 amide bonds. The summed E-state index contributed by atoms with van der Waals surface area (Å²) in [6.45, 7) is 0.781. The van der Waals surface area contributed by atoms with E-state index in [0.717, 1.165) is 41.4 Å². The molecule has 29 heavy (non-hydrogen) atoms. The van der Waals surface area contributed by atoms with E-state index in [1.54, 1.807) is 12.5 Å². The van der Waals surface area contributed by atoms with Crippen LogP contribution in [0.1, 0.15) is 5.56 Å². The van der Waals surface area contributed by atoms with Crippen LogP contribution in [-0.4, -0.2) is 21.5 Å². The van der Waals surface area contributed by atoms with Crippen LogP contribution in [0.2, 0.25) is 0 Å². The Kier molecular flexibility index (Phi) is 4.54. The topological polar surface area (TPSA) is 66.7 Å². The number of benzene rings is 1. The lowest BCUT2D eigenvalue weighted by Gasteiger charge is -2.10. The highest BCUT2D eigenvalue weighted by atomic mass is 16.3. The molecule has 1 aromatic carbocycles. The molecule has 5 aromatic rings. The van der Waals surface area contributed by atoms with Gasteiger partial charge in [-0.05, 0) is 53.9 Å². The molecule has 0 aliphatic heterocycles. The Hall–Kier alpha value is -3.86. The average Bonchev–Trinajstić information content (AvgIpc) is 3.45. The number of H-pyrrole nitrogens is 1. The zero-order valence-corrected chi connectivity index (χ0v) is 15.8. The van der Waals surface area contributed by atoms with Gasteiger partial charge in [0, 0.05) is 41.6 Å². The van der Waals surface area contributed by atoms with Crippen LogP contribution in [0.5, 0.6) is 0 Å². The van der Waals surface area contributed by atoms with Crippen LogP contribution in [0.3, 0.4) is 0 Å². The Morgan fingerprint density at radius 3 is 2.79 bits per heavy atom. The van der Waals surface area contributed by atoms with E-state index in [2.05, 4.69) is 45.7 Å². The van der Waals surface area contributed by atoms with Gasteiger partial charge < -0.3 is 14.7 Å². The van der Waals surface area contributed by atoms with Crippen LogP contribution in [0, 0.1) is 0 Å². The highest BCUT2D eigenvalue weighted by Gasteiger charge is 2.09. The highest BCUT2D eigenvalue weighted by Crippen LogP contribution is 2.28. The summed E-state index contributed by atoms with van der Waals surface area (Å²) < 4.78 is 5.57. The van der Waals surface area contributed by atoms with Gasteiger partial charge in [0.1, 0.15) is 11.5 Å². The Balaban J connectivity index is 1.41. The second kappa shape index (κ2) is 7.64. The smallest absolute Gasteiger partial charge is 0.152 e. The van der Waals surface area contributed by atoms with Gasteiger partial charge in [0.15, 0.2) is 5.76 Å². The Bertz CT molecular complexity index is 1230. The first-order valence-electron chi connectivity index (χ1n) is 9.62. The number of fused-ring (bicyclic) bond motifs is 1. The standard InChI is InChI=1S/C24H20N4O/c1-2-7-21-20(6-1)18(16-27-21)9-11-26-24-14-19(17-5-3-10-25-15-17)13-22(28-24)23-8-4-12-29-23/h1-8,10,12-16,27H,9,11H2,(H,26,28). The van der Waals surface area contributed by atoms with Crippen LogP contribution >= 0.6 is 0 Å². The van der Waals surface area contributed by atoms with E-state index < -0.39 is 0 Å². The van der Waals surface area contributed by atoms with Crippen molar-refractivity contribution in [3.63, 3.8) is 0 Å². The van der Waals surface area contributed by atoms with Gasteiger partial charge in [-0.25, -0.2) is 4.98 Å². The van der Waals surface area contributed by atoms with E-state index in [-0.39, 0.29) is 0 Å². The molecule has 0 radical (unpaired) electrons. The third-order valence-electron chi connectivity index (χ3n) is 4.97. The summed E-state index contributed by atoms with van der Waals surface area (Å²) in [7, 11) is 0. The molecule has 5 heteroatoms. The summed E-state index contributed by atoms with van der Waals surface area (Å²) in [5.74, 6) is 1.56. The lowest BCUT2D eigenvalue weighted by atomic mass is 10.1. The zero-order valence-electron chi connectivity index (χ0n) is 15.8. The Morgan fingerprint density at radius 1 is 0.966 bits per heavy atom. The molecule has 0 fully saturated rings. The van der Waals surface area contributed by atoms with E-state index in [9.17, 15) is 0 Å². The number of aromatic amines is 1. The predicted molar refractivity (Wildman–Crippen MR) is 116 cm³/mol. The van der Waals surface area contributed by atoms with Gasteiger partial charge in [0.05, 0.1) is 6.26 Å². The zero-order chi connectivity index (χ0) is 19.5. The van der Waals surface area contributed by atoms with E-state index in [1.165, 1.54) is 16.5 Å². The number of pyridine rings is 2. The number of nitrogens with one attached hydrogen (secondary N) is 2. The van der Waals surface area contributed by atoms with Crippen LogP contribution in [-0.2, 0) is 6.42 Å². The summed E-state index contributed by atoms with van der Waals surface area (Å²) in [4.78, 5) is 12.3. The maximum Gasteiger partial charge on any atom is 0.152 e. The van der Waals surface area contributed by atoms with Crippen LogP contribution < -0.4 is 5.32 Å². The lowest BCUT2D eigenvalue weighted by molar-refractivity contribution is 0.580. The van der Waals surface area contributed by atoms with Crippen LogP contribution in [0.4, 0.5) is 5.82 Å². The quantitative estimate of drug-likeness (QED) is 0.406. The molecular formula is C24H20N4O. The van der Waals surface area contributed by atoms with Crippen molar-refractivity contribution in [2.24, 2.45) is 0 Å². The Morgan fingerprint density at radius 2 is 1.93 bits per heavy atom. The third kappa shape index (κ3) is 3.62. The van der Waals surface area contributed by atoms with Gasteiger partial charge in [-0.1, -0.05) is 24.3 Å². The van der Waals surface area contributed by atoms with Gasteiger partial charge in [-0.2, -0.15) is 0 Å². The number of nitrogens with zero attached hydrogens (tertiary/aromatic N) is 2. The molecule has 0 saturated carbocycles. The van der Waals surface area contributed by atoms with Crippen molar-refractivity contribution in [3.8, 4) is 22.6 Å². The van der Waals surface area contributed by atoms with Crippen molar-refractivity contribution in [2.75, 3.05) is 11.9 Å². The molecule has 0 spiro atoms. The number of rotatable bonds is 6. The fourth-order valence-electron chi connectivity index (χ4n) is 3.54. The summed E-state index contributed by atoms with van der Waals surface area (Å²) in [5.41, 5.74) is 5.35. The van der Waals surface area contributed by atoms with E-state index >= 15 is 0 Å². The second-order valence-corrected chi connectivity index (χ2v) is 6.88. The molecule has 0 unspecified atom stereocenters. The van der Waals surface area contributed by atoms with Crippen molar-refractivity contribution in [1.82, 2.24) is 15.0 Å². The molecule has 5 nitrogen and oxygen atoms in total. The second-order valence-electron chi connectivity index (χ2n) is 6.88. The number of aromatic nitrogens is 3. The van der Waals surface area contributed by atoms with Crippen molar-refractivity contribution >= 4 is 16.7 Å². The number of hydrogen-bond donors (Lipinski definition) is 2. The van der Waals surface area contributed by atoms with Crippen molar-refractivity contribution in [1.29, 1.82) is 0 Å². The average molecular weight is 380 g/mol. The van der Waals surface area contributed by atoms with Crippen LogP contribution in [0.15, 0.2) is 89.9 Å². The van der Waals surface area contributed by atoms with Gasteiger partial charge in [-0.3, -0.25) is 4.98 Å². The molecule has 0 atom stereocenters. The molecule has 4 heterocycles. The van der Waals surface area contributed by atoms with Crippen molar-refractivity contribution < 1.29 is 4.42 Å². The molecular weight excluding hydrogens is 360 g/mol. The largest absolute Gasteiger partial charge is 0.463 e. The Labute approximate surface area is 168 Å². The summed E-state index contributed by atoms with van der Waals surface area (Å²) >= 11 is 0.